The van der Waals surface area contributed by atoms with E-state index in [9.17, 15) is 19.2 Å². The highest BCUT2D eigenvalue weighted by atomic mass is 32.2. The number of carbonyl (C=O) groups excluding carboxylic acids is 4. The molecule has 0 fully saturated rings. The normalized spacial score (nSPS) is 13.1. The van der Waals surface area contributed by atoms with Crippen LogP contribution < -0.4 is 20.7 Å². The molecule has 60 heavy (non-hydrogen) atoms. The Morgan fingerprint density at radius 2 is 1.43 bits per heavy atom. The quantitative estimate of drug-likeness (QED) is 0.0567. The van der Waals surface area contributed by atoms with E-state index in [0.717, 1.165) is 60.1 Å². The van der Waals surface area contributed by atoms with E-state index in [1.54, 1.807) is 48.5 Å². The second-order valence-electron chi connectivity index (χ2n) is 14.2. The van der Waals surface area contributed by atoms with Gasteiger partial charge in [0.1, 0.15) is 28.3 Å². The third kappa shape index (κ3) is 11.0. The maximum absolute atomic E-state index is 14.3. The number of thiophene rings is 1. The first-order valence-electron chi connectivity index (χ1n) is 19.9. The van der Waals surface area contributed by atoms with Gasteiger partial charge in [0.2, 0.25) is 5.91 Å². The van der Waals surface area contributed by atoms with Crippen LogP contribution in [-0.2, 0) is 33.8 Å². The highest BCUT2D eigenvalue weighted by Crippen LogP contribution is 2.41. The van der Waals surface area contributed by atoms with Crippen LogP contribution in [0.4, 0.5) is 10.7 Å². The number of ether oxygens (including phenoxy) is 2. The summed E-state index contributed by atoms with van der Waals surface area (Å²) in [6.45, 7) is 0.414. The number of fused-ring (bicyclic) bond motifs is 1. The first kappa shape index (κ1) is 41.7. The zero-order valence-electron chi connectivity index (χ0n) is 33.1. The molecule has 0 radical (unpaired) electrons. The smallest absolute Gasteiger partial charge is 0.341 e. The summed E-state index contributed by atoms with van der Waals surface area (Å²) in [6.07, 6.45) is 7.49. The molecule has 1 unspecified atom stereocenters. The number of hydrogen-bond donors (Lipinski definition) is 3. The van der Waals surface area contributed by atoms with Crippen molar-refractivity contribution in [1.82, 2.24) is 5.32 Å². The molecular weight excluding hydrogens is 791 g/mol. The van der Waals surface area contributed by atoms with Gasteiger partial charge in [0.15, 0.2) is 0 Å². The highest BCUT2D eigenvalue weighted by molar-refractivity contribution is 8.00. The molecule has 0 bridgehead atoms. The molecule has 5 aromatic carbocycles. The monoisotopic (exact) mass is 835 g/mol. The van der Waals surface area contributed by atoms with Gasteiger partial charge >= 0.3 is 5.97 Å². The molecule has 1 heterocycles. The number of esters is 1. The molecule has 0 spiro atoms. The Bertz CT molecular complexity index is 2450. The molecule has 0 aliphatic heterocycles. The Labute approximate surface area is 358 Å². The van der Waals surface area contributed by atoms with Gasteiger partial charge in [0.05, 0.1) is 12.7 Å². The van der Waals surface area contributed by atoms with Crippen molar-refractivity contribution < 1.29 is 28.7 Å². The summed E-state index contributed by atoms with van der Waals surface area (Å²) in [5.74, 6) is -1.05. The molecule has 3 amide bonds. The van der Waals surface area contributed by atoms with E-state index in [2.05, 4.69) is 16.0 Å². The van der Waals surface area contributed by atoms with Crippen molar-refractivity contribution in [2.45, 2.75) is 55.3 Å². The SMILES string of the molecule is COC(=O)c1c(NC(=O)C(Sc2cccc(NC(=O)/C(=C\c3ccc(OCc4ccccc4)cc3)NC(=O)c3ccccc3)c2)c2ccccc2)sc2c1CCCCCC2. The highest BCUT2D eigenvalue weighted by Gasteiger charge is 2.29. The van der Waals surface area contributed by atoms with Gasteiger partial charge in [-0.1, -0.05) is 110 Å². The summed E-state index contributed by atoms with van der Waals surface area (Å²) in [6, 6.07) is 42.5. The lowest BCUT2D eigenvalue weighted by Crippen LogP contribution is -2.30. The van der Waals surface area contributed by atoms with Crippen LogP contribution in [0, 0.1) is 0 Å². The van der Waals surface area contributed by atoms with E-state index in [-0.39, 0.29) is 11.6 Å². The number of benzene rings is 5. The van der Waals surface area contributed by atoms with Crippen molar-refractivity contribution in [2.75, 3.05) is 17.7 Å². The molecule has 1 aliphatic carbocycles. The summed E-state index contributed by atoms with van der Waals surface area (Å²) in [7, 11) is 1.37. The number of carbonyl (C=O) groups is 4. The molecule has 1 atom stereocenters. The molecule has 1 aromatic heterocycles. The third-order valence-corrected chi connectivity index (χ3v) is 12.4. The van der Waals surface area contributed by atoms with Crippen LogP contribution >= 0.6 is 23.1 Å². The average molecular weight is 836 g/mol. The second-order valence-corrected chi connectivity index (χ2v) is 16.5. The van der Waals surface area contributed by atoms with Crippen LogP contribution in [0.1, 0.15) is 78.8 Å². The van der Waals surface area contributed by atoms with Gasteiger partial charge in [-0.15, -0.1) is 23.1 Å². The summed E-state index contributed by atoms with van der Waals surface area (Å²) in [5, 5.41) is 8.66. The molecule has 3 N–H and O–H groups in total. The maximum atomic E-state index is 14.3. The first-order valence-corrected chi connectivity index (χ1v) is 21.6. The largest absolute Gasteiger partial charge is 0.489 e. The zero-order chi connectivity index (χ0) is 41.7. The van der Waals surface area contributed by atoms with E-state index in [0.29, 0.717) is 44.6 Å². The van der Waals surface area contributed by atoms with E-state index >= 15 is 0 Å². The molecular formula is C49H45N3O6S2. The fourth-order valence-corrected chi connectivity index (χ4v) is 9.26. The third-order valence-electron chi connectivity index (χ3n) is 9.95. The summed E-state index contributed by atoms with van der Waals surface area (Å²) >= 11 is 2.78. The van der Waals surface area contributed by atoms with Crippen molar-refractivity contribution in [3.8, 4) is 5.75 Å². The Morgan fingerprint density at radius 3 is 2.15 bits per heavy atom. The minimum absolute atomic E-state index is 0.0351. The summed E-state index contributed by atoms with van der Waals surface area (Å²) in [5.41, 5.74) is 4.82. The minimum Gasteiger partial charge on any atom is -0.489 e. The van der Waals surface area contributed by atoms with E-state index in [4.69, 9.17) is 9.47 Å². The van der Waals surface area contributed by atoms with Gasteiger partial charge in [0.25, 0.3) is 11.8 Å². The predicted octanol–water partition coefficient (Wildman–Crippen LogP) is 10.7. The van der Waals surface area contributed by atoms with Gasteiger partial charge in [0, 0.05) is 21.0 Å². The average Bonchev–Trinajstić information content (AvgIpc) is 3.60. The van der Waals surface area contributed by atoms with Gasteiger partial charge in [-0.2, -0.15) is 0 Å². The maximum Gasteiger partial charge on any atom is 0.341 e. The Hall–Kier alpha value is -6.43. The zero-order valence-corrected chi connectivity index (χ0v) is 34.8. The number of amides is 3. The van der Waals surface area contributed by atoms with Crippen molar-refractivity contribution in [1.29, 1.82) is 0 Å². The lowest BCUT2D eigenvalue weighted by molar-refractivity contribution is -0.116. The standard InChI is InChI=1S/C49H45N3O6S2/c1-57-49(56)43-40-24-13-2-3-14-25-42(40)60-48(43)52-47(55)44(35-18-9-5-10-19-35)59-39-23-15-22-37(31-39)50-46(54)41(51-45(53)36-20-11-6-12-21-36)30-33-26-28-38(29-27-33)58-32-34-16-7-4-8-17-34/h4-12,15-23,26-31,44H,2-3,13-14,24-25,32H2,1H3,(H,50,54)(H,51,53)(H,52,55)/b41-30+. The topological polar surface area (TPSA) is 123 Å². The Balaban J connectivity index is 1.11. The van der Waals surface area contributed by atoms with Gasteiger partial charge in [-0.25, -0.2) is 4.79 Å². The molecule has 6 aromatic rings. The number of nitrogens with one attached hydrogen (secondary N) is 3. The number of aryl methyl sites for hydroxylation is 1. The number of methoxy groups -OCH3 is 1. The second kappa shape index (κ2) is 20.5. The lowest BCUT2D eigenvalue weighted by Gasteiger charge is -2.18. The molecule has 0 saturated carbocycles. The van der Waals surface area contributed by atoms with E-state index < -0.39 is 23.0 Å². The number of thioether (sulfide) groups is 1. The minimum atomic E-state index is -0.701. The fraction of sp³-hybridized carbons (Fsp3) is 0.184. The summed E-state index contributed by atoms with van der Waals surface area (Å²) in [4.78, 5) is 56.6. The first-order chi connectivity index (χ1) is 29.3. The fourth-order valence-electron chi connectivity index (χ4n) is 6.90. The van der Waals surface area contributed by atoms with Crippen molar-refractivity contribution in [3.63, 3.8) is 0 Å². The summed E-state index contributed by atoms with van der Waals surface area (Å²) < 4.78 is 11.1. The lowest BCUT2D eigenvalue weighted by atomic mass is 9.96. The van der Waals surface area contributed by atoms with Gasteiger partial charge in [-0.3, -0.25) is 14.4 Å². The Morgan fingerprint density at radius 1 is 0.750 bits per heavy atom. The number of hydrogen-bond acceptors (Lipinski definition) is 8. The van der Waals surface area contributed by atoms with Crippen molar-refractivity contribution >= 4 is 63.6 Å². The molecule has 9 nitrogen and oxygen atoms in total. The molecule has 0 saturated heterocycles. The Kier molecular flexibility index (Phi) is 14.3. The van der Waals surface area contributed by atoms with E-state index in [1.165, 1.54) is 30.2 Å². The van der Waals surface area contributed by atoms with Crippen LogP contribution in [0.15, 0.2) is 150 Å². The van der Waals surface area contributed by atoms with Gasteiger partial charge in [-0.05, 0) is 96.5 Å². The molecule has 1 aliphatic rings. The van der Waals surface area contributed by atoms with Crippen molar-refractivity contribution in [2.24, 2.45) is 0 Å². The molecule has 304 valence electrons. The van der Waals surface area contributed by atoms with Crippen LogP contribution in [0.5, 0.6) is 5.75 Å². The molecule has 11 heteroatoms. The van der Waals surface area contributed by atoms with Crippen molar-refractivity contribution in [3.05, 3.63) is 183 Å². The van der Waals surface area contributed by atoms with Crippen LogP contribution in [0.25, 0.3) is 6.08 Å². The van der Waals surface area contributed by atoms with Gasteiger partial charge < -0.3 is 25.4 Å². The van der Waals surface area contributed by atoms with Crippen LogP contribution in [-0.4, -0.2) is 30.8 Å². The molecule has 7 rings (SSSR count). The number of anilines is 2. The van der Waals surface area contributed by atoms with E-state index in [1.807, 2.05) is 97.1 Å². The predicted molar refractivity (Wildman–Crippen MR) is 239 cm³/mol. The number of rotatable bonds is 14. The van der Waals surface area contributed by atoms with Crippen LogP contribution in [0.3, 0.4) is 0 Å². The van der Waals surface area contributed by atoms with Crippen LogP contribution in [0.2, 0.25) is 0 Å².